The van der Waals surface area contributed by atoms with Crippen molar-refractivity contribution in [2.45, 2.75) is 12.7 Å². The summed E-state index contributed by atoms with van der Waals surface area (Å²) in [4.78, 5) is 45.1. The number of hydrogen-bond acceptors (Lipinski definition) is 12. The fourth-order valence-electron chi connectivity index (χ4n) is 2.96. The normalized spacial score (nSPS) is 11.1. The maximum atomic E-state index is 12.7. The minimum absolute atomic E-state index is 0.00549. The number of nitro benzene ring substituents is 2. The van der Waals surface area contributed by atoms with Gasteiger partial charge in [0.1, 0.15) is 6.61 Å². The Labute approximate surface area is 192 Å². The zero-order chi connectivity index (χ0) is 25.4. The fraction of sp³-hybridized carbons (Fsp3) is 0.300. The molecule has 1 atom stereocenters. The van der Waals surface area contributed by atoms with Crippen LogP contribution in [0.3, 0.4) is 0 Å². The first-order valence-corrected chi connectivity index (χ1v) is 9.21. The Bertz CT molecular complexity index is 1100. The van der Waals surface area contributed by atoms with E-state index in [1.807, 2.05) is 0 Å². The number of benzene rings is 2. The molecule has 0 saturated carbocycles. The number of rotatable bonds is 12. The van der Waals surface area contributed by atoms with Crippen LogP contribution in [0.4, 0.5) is 11.4 Å². The molecule has 0 aromatic heterocycles. The zero-order valence-electron chi connectivity index (χ0n) is 18.4. The molecule has 0 heterocycles. The highest BCUT2D eigenvalue weighted by atomic mass is 16.6. The number of hydrogen-bond donors (Lipinski definition) is 0. The molecular weight excluding hydrogens is 460 g/mol. The smallest absolute Gasteiger partial charge is 0.418 e. The summed E-state index contributed by atoms with van der Waals surface area (Å²) >= 11 is 0. The highest BCUT2D eigenvalue weighted by molar-refractivity contribution is 5.80. The summed E-state index contributed by atoms with van der Waals surface area (Å²) in [6.07, 6.45) is -1.93. The molecule has 0 aliphatic rings. The van der Waals surface area contributed by atoms with Crippen LogP contribution in [0.5, 0.6) is 23.0 Å². The third-order valence-electron chi connectivity index (χ3n) is 4.54. The van der Waals surface area contributed by atoms with E-state index < -0.39 is 45.5 Å². The lowest BCUT2D eigenvalue weighted by Crippen LogP contribution is -2.20. The van der Waals surface area contributed by atoms with E-state index in [-0.39, 0.29) is 28.6 Å². The van der Waals surface area contributed by atoms with Crippen LogP contribution in [-0.4, -0.2) is 50.7 Å². The van der Waals surface area contributed by atoms with Crippen molar-refractivity contribution in [2.75, 3.05) is 28.4 Å². The number of nitro groups is 2. The van der Waals surface area contributed by atoms with Crippen molar-refractivity contribution in [1.82, 2.24) is 0 Å². The average Bonchev–Trinajstić information content (AvgIpc) is 2.83. The maximum absolute atomic E-state index is 12.7. The summed E-state index contributed by atoms with van der Waals surface area (Å²) in [6.45, 7) is 0.393. The molecule has 2 rings (SSSR count). The van der Waals surface area contributed by atoms with Crippen LogP contribution in [0.15, 0.2) is 24.3 Å². The zero-order valence-corrected chi connectivity index (χ0v) is 18.4. The molecule has 0 amide bonds. The lowest BCUT2D eigenvalue weighted by Gasteiger charge is -2.17. The van der Waals surface area contributed by atoms with Gasteiger partial charge in [0.05, 0.1) is 61.5 Å². The van der Waals surface area contributed by atoms with Crippen LogP contribution in [0.1, 0.15) is 17.2 Å². The molecule has 0 bridgehead atoms. The summed E-state index contributed by atoms with van der Waals surface area (Å²) in [5.41, 5.74) is -1.54. The SMILES string of the molecule is COc1cc(COC(=O)C(O[C]=O)c2cc(OC)c(OC)cc2[N+](=O)[O-])c([N+](=O)[O-])cc1OC. The molecule has 34 heavy (non-hydrogen) atoms. The van der Waals surface area contributed by atoms with E-state index in [1.54, 1.807) is 0 Å². The van der Waals surface area contributed by atoms with Crippen molar-refractivity contribution in [3.8, 4) is 23.0 Å². The van der Waals surface area contributed by atoms with E-state index in [2.05, 4.69) is 4.74 Å². The predicted molar refractivity (Wildman–Crippen MR) is 112 cm³/mol. The Kier molecular flexibility index (Phi) is 8.53. The van der Waals surface area contributed by atoms with Gasteiger partial charge in [-0.2, -0.15) is 0 Å². The van der Waals surface area contributed by atoms with Crippen molar-refractivity contribution < 1.29 is 47.9 Å². The van der Waals surface area contributed by atoms with Crippen LogP contribution in [0, 0.1) is 20.2 Å². The van der Waals surface area contributed by atoms with Gasteiger partial charge in [-0.25, -0.2) is 9.59 Å². The van der Waals surface area contributed by atoms with Gasteiger partial charge in [0.15, 0.2) is 23.0 Å². The van der Waals surface area contributed by atoms with E-state index in [0.29, 0.717) is 0 Å². The molecule has 14 nitrogen and oxygen atoms in total. The summed E-state index contributed by atoms with van der Waals surface area (Å²) in [7, 11) is 5.09. The first kappa shape index (κ1) is 25.6. The number of carbonyl (C=O) groups excluding carboxylic acids is 2. The minimum Gasteiger partial charge on any atom is -0.493 e. The van der Waals surface area contributed by atoms with Crippen molar-refractivity contribution in [1.29, 1.82) is 0 Å². The van der Waals surface area contributed by atoms with Crippen LogP contribution >= 0.6 is 0 Å². The maximum Gasteiger partial charge on any atom is 0.418 e. The largest absolute Gasteiger partial charge is 0.493 e. The molecule has 0 fully saturated rings. The number of nitrogens with zero attached hydrogens (tertiary/aromatic N) is 2. The predicted octanol–water partition coefficient (Wildman–Crippen LogP) is 2.41. The number of methoxy groups -OCH3 is 4. The van der Waals surface area contributed by atoms with Crippen LogP contribution < -0.4 is 18.9 Å². The molecule has 1 radical (unpaired) electrons. The molecule has 0 saturated heterocycles. The molecule has 0 aliphatic heterocycles. The summed E-state index contributed by atoms with van der Waals surface area (Å²) in [5.74, 6) is -1.07. The molecular formula is C20H19N2O12. The Hall–Kier alpha value is -4.62. The van der Waals surface area contributed by atoms with E-state index in [1.165, 1.54) is 34.5 Å². The van der Waals surface area contributed by atoms with Gasteiger partial charge in [0.25, 0.3) is 11.4 Å². The van der Waals surface area contributed by atoms with E-state index in [0.717, 1.165) is 24.7 Å². The standard InChI is InChI=1S/C20H19N2O12/c1-29-15-5-11(13(21(25)26)7-17(15)31-3)9-33-20(24)19(34-10-23)12-6-16(30-2)18(32-4)8-14(12)22(27)28/h5-8,19H,9H2,1-4H3. The van der Waals surface area contributed by atoms with E-state index in [4.69, 9.17) is 23.7 Å². The second-order valence-electron chi connectivity index (χ2n) is 6.31. The number of carbonyl (C=O) groups is 1. The third-order valence-corrected chi connectivity index (χ3v) is 4.54. The van der Waals surface area contributed by atoms with Crippen LogP contribution in [-0.2, 0) is 25.7 Å². The highest BCUT2D eigenvalue weighted by Crippen LogP contribution is 2.39. The van der Waals surface area contributed by atoms with Gasteiger partial charge in [-0.3, -0.25) is 20.2 Å². The molecule has 1 unspecified atom stereocenters. The summed E-state index contributed by atoms with van der Waals surface area (Å²) < 4.78 is 30.0. The molecule has 181 valence electrons. The Morgan fingerprint density at radius 1 is 0.853 bits per heavy atom. The van der Waals surface area contributed by atoms with Crippen LogP contribution in [0.2, 0.25) is 0 Å². The topological polar surface area (TPSA) is 176 Å². The van der Waals surface area contributed by atoms with E-state index in [9.17, 15) is 29.8 Å². The van der Waals surface area contributed by atoms with Gasteiger partial charge in [-0.15, -0.1) is 0 Å². The first-order chi connectivity index (χ1) is 16.2. The number of esters is 1. The van der Waals surface area contributed by atoms with Crippen molar-refractivity contribution in [2.24, 2.45) is 0 Å². The van der Waals surface area contributed by atoms with Gasteiger partial charge in [-0.1, -0.05) is 0 Å². The highest BCUT2D eigenvalue weighted by Gasteiger charge is 2.34. The first-order valence-electron chi connectivity index (χ1n) is 9.21. The molecule has 2 aromatic carbocycles. The van der Waals surface area contributed by atoms with Crippen molar-refractivity contribution in [3.63, 3.8) is 0 Å². The molecule has 0 aliphatic carbocycles. The molecule has 0 spiro atoms. The van der Waals surface area contributed by atoms with Gasteiger partial charge in [0.2, 0.25) is 6.10 Å². The van der Waals surface area contributed by atoms with Gasteiger partial charge in [-0.05, 0) is 12.1 Å². The quantitative estimate of drug-likeness (QED) is 0.247. The molecule has 0 N–H and O–H groups in total. The lowest BCUT2D eigenvalue weighted by atomic mass is 10.1. The fourth-order valence-corrected chi connectivity index (χ4v) is 2.96. The minimum atomic E-state index is -1.93. The van der Waals surface area contributed by atoms with E-state index >= 15 is 0 Å². The summed E-state index contributed by atoms with van der Waals surface area (Å²) in [6, 6.07) is 4.35. The monoisotopic (exact) mass is 479 g/mol. The van der Waals surface area contributed by atoms with Gasteiger partial charge >= 0.3 is 12.4 Å². The summed E-state index contributed by atoms with van der Waals surface area (Å²) in [5, 5.41) is 23.0. The van der Waals surface area contributed by atoms with Crippen molar-refractivity contribution in [3.05, 3.63) is 55.6 Å². The Balaban J connectivity index is 2.45. The van der Waals surface area contributed by atoms with Gasteiger partial charge < -0.3 is 28.4 Å². The number of ether oxygens (including phenoxy) is 6. The lowest BCUT2D eigenvalue weighted by molar-refractivity contribution is -0.386. The average molecular weight is 479 g/mol. The van der Waals surface area contributed by atoms with Crippen molar-refractivity contribution >= 4 is 23.8 Å². The molecule has 2 aromatic rings. The Morgan fingerprint density at radius 3 is 1.79 bits per heavy atom. The molecule has 14 heteroatoms. The van der Waals surface area contributed by atoms with Crippen LogP contribution in [0.25, 0.3) is 0 Å². The second-order valence-corrected chi connectivity index (χ2v) is 6.31. The van der Waals surface area contributed by atoms with Gasteiger partial charge in [0, 0.05) is 0 Å². The Morgan fingerprint density at radius 2 is 1.32 bits per heavy atom. The second kappa shape index (κ2) is 11.3. The third kappa shape index (κ3) is 5.40.